The Kier molecular flexibility index (Phi) is 9.50. The second-order valence-electron chi connectivity index (χ2n) is 10.6. The topological polar surface area (TPSA) is 116 Å². The highest BCUT2D eigenvalue weighted by Gasteiger charge is 2.47. The van der Waals surface area contributed by atoms with Crippen LogP contribution in [-0.4, -0.2) is 62.7 Å². The van der Waals surface area contributed by atoms with Crippen LogP contribution in [-0.2, 0) is 9.31 Å². The number of Topliss-reactive ketones (excluding diaryl/α,β-unsaturated/α-hetero) is 1. The Morgan fingerprint density at radius 2 is 1.33 bits per heavy atom. The number of hydrogen-bond acceptors (Lipinski definition) is 7. The van der Waals surface area contributed by atoms with E-state index in [0.29, 0.717) is 6.42 Å². The first-order valence-electron chi connectivity index (χ1n) is 11.3. The molecule has 0 unspecified atom stereocenters. The van der Waals surface area contributed by atoms with Crippen molar-refractivity contribution in [1.82, 2.24) is 0 Å². The van der Waals surface area contributed by atoms with Gasteiger partial charge in [-0.2, -0.15) is 0 Å². The van der Waals surface area contributed by atoms with Crippen LogP contribution < -0.4 is 10.9 Å². The predicted molar refractivity (Wildman–Crippen MR) is 128 cm³/mol. The van der Waals surface area contributed by atoms with Gasteiger partial charge in [-0.1, -0.05) is 13.3 Å². The molecule has 0 saturated carbocycles. The van der Waals surface area contributed by atoms with Gasteiger partial charge in [-0.3, -0.25) is 4.79 Å². The van der Waals surface area contributed by atoms with Gasteiger partial charge in [0.2, 0.25) is 0 Å². The van der Waals surface area contributed by atoms with Crippen LogP contribution in [0, 0.1) is 5.82 Å². The molecule has 10 heteroatoms. The van der Waals surface area contributed by atoms with Crippen molar-refractivity contribution in [2.24, 2.45) is 0 Å². The van der Waals surface area contributed by atoms with Gasteiger partial charge in [-0.25, -0.2) is 4.39 Å². The van der Waals surface area contributed by atoms with Crippen LogP contribution in [0.1, 0.15) is 91.9 Å². The van der Waals surface area contributed by atoms with E-state index in [4.69, 9.17) is 9.31 Å². The maximum atomic E-state index is 15.5. The van der Waals surface area contributed by atoms with E-state index in [1.54, 1.807) is 27.7 Å². The Morgan fingerprint density at radius 3 is 1.70 bits per heavy atom. The van der Waals surface area contributed by atoms with E-state index in [0.717, 1.165) is 12.5 Å². The summed E-state index contributed by atoms with van der Waals surface area (Å²) in [5, 5.41) is 40.7. The van der Waals surface area contributed by atoms with Crippen molar-refractivity contribution in [3.8, 4) is 0 Å². The highest BCUT2D eigenvalue weighted by Crippen LogP contribution is 2.30. The van der Waals surface area contributed by atoms with E-state index < -0.39 is 47.9 Å². The second-order valence-corrected chi connectivity index (χ2v) is 10.6. The van der Waals surface area contributed by atoms with E-state index in [-0.39, 0.29) is 23.2 Å². The van der Waals surface area contributed by atoms with E-state index >= 15 is 4.39 Å². The van der Waals surface area contributed by atoms with Gasteiger partial charge in [0, 0.05) is 22.9 Å². The fourth-order valence-electron chi connectivity index (χ4n) is 2.65. The summed E-state index contributed by atoms with van der Waals surface area (Å²) >= 11 is 0. The van der Waals surface area contributed by atoms with Crippen molar-refractivity contribution in [3.63, 3.8) is 0 Å². The fraction of sp³-hybridized carbons (Fsp3) is 0.696. The highest BCUT2D eigenvalue weighted by molar-refractivity contribution is 6.64. The quantitative estimate of drug-likeness (QED) is 0.273. The van der Waals surface area contributed by atoms with E-state index in [9.17, 15) is 25.1 Å². The summed E-state index contributed by atoms with van der Waals surface area (Å²) < 4.78 is 27.6. The molecule has 0 amide bonds. The zero-order chi connectivity index (χ0) is 26.0. The number of carbonyl (C=O) groups is 1. The lowest BCUT2D eigenvalue weighted by Gasteiger charge is -2.43. The van der Waals surface area contributed by atoms with E-state index in [1.165, 1.54) is 33.8 Å². The lowest BCUT2D eigenvalue weighted by molar-refractivity contribution is -0.132. The monoisotopic (exact) mass is 468 g/mol. The number of ketones is 1. The molecule has 1 aromatic rings. The van der Waals surface area contributed by atoms with Gasteiger partial charge < -0.3 is 29.6 Å². The normalized spacial score (nSPS) is 13.3. The standard InChI is InChI=1S/C23H39B2FO7/c1-10-11-12-18(27)15-13-16(24(30)31)19(26)17(14-15)25(32-22(6,7)20(2,3)28)33-23(8,9)21(4,5)29/h13-14,28-31H,10-12H2,1-9H3. The van der Waals surface area contributed by atoms with E-state index in [1.807, 2.05) is 6.92 Å². The molecular weight excluding hydrogens is 429 g/mol. The highest BCUT2D eigenvalue weighted by atomic mass is 19.1. The Bertz CT molecular complexity index is 799. The molecule has 0 fully saturated rings. The van der Waals surface area contributed by atoms with Crippen molar-refractivity contribution in [2.45, 2.75) is 104 Å². The summed E-state index contributed by atoms with van der Waals surface area (Å²) in [4.78, 5) is 12.7. The number of hydrogen-bond donors (Lipinski definition) is 4. The average Bonchev–Trinajstić information content (AvgIpc) is 2.63. The molecule has 0 saturated heterocycles. The summed E-state index contributed by atoms with van der Waals surface area (Å²) in [5.74, 6) is -1.30. The number of halogens is 1. The van der Waals surface area contributed by atoms with Crippen LogP contribution in [0.4, 0.5) is 4.39 Å². The molecule has 0 aliphatic rings. The van der Waals surface area contributed by atoms with Crippen LogP contribution in [0.15, 0.2) is 12.1 Å². The summed E-state index contributed by atoms with van der Waals surface area (Å²) in [7, 11) is -3.67. The minimum Gasteiger partial charge on any atom is -0.423 e. The first-order chi connectivity index (χ1) is 14.7. The van der Waals surface area contributed by atoms with Crippen molar-refractivity contribution in [2.75, 3.05) is 0 Å². The van der Waals surface area contributed by atoms with Gasteiger partial charge in [0.05, 0.1) is 22.4 Å². The lowest BCUT2D eigenvalue weighted by atomic mass is 9.68. The Morgan fingerprint density at radius 1 is 0.909 bits per heavy atom. The lowest BCUT2D eigenvalue weighted by Crippen LogP contribution is -2.60. The first kappa shape index (κ1) is 29.7. The summed E-state index contributed by atoms with van der Waals surface area (Å²) in [6.07, 6.45) is 1.61. The third kappa shape index (κ3) is 7.34. The minimum absolute atomic E-state index is 0.0854. The first-order valence-corrected chi connectivity index (χ1v) is 11.3. The molecule has 0 radical (unpaired) electrons. The van der Waals surface area contributed by atoms with Crippen molar-refractivity contribution in [3.05, 3.63) is 23.5 Å². The average molecular weight is 468 g/mol. The number of rotatable bonds is 12. The molecule has 4 N–H and O–H groups in total. The molecule has 1 aromatic carbocycles. The SMILES string of the molecule is CCCCC(=O)c1cc(B(O)O)c(F)c(B(OC(C)(C)C(C)(C)O)OC(C)(C)C(C)(C)O)c1. The largest absolute Gasteiger partial charge is 0.497 e. The van der Waals surface area contributed by atoms with Crippen LogP contribution in [0.2, 0.25) is 0 Å². The van der Waals surface area contributed by atoms with Gasteiger partial charge in [0.1, 0.15) is 5.82 Å². The smallest absolute Gasteiger partial charge is 0.423 e. The predicted octanol–water partition coefficient (Wildman–Crippen LogP) is 1.71. The van der Waals surface area contributed by atoms with E-state index in [2.05, 4.69) is 0 Å². The Hall–Kier alpha value is -1.29. The number of unbranched alkanes of at least 4 members (excludes halogenated alkanes) is 1. The maximum Gasteiger partial charge on any atom is 0.497 e. The zero-order valence-electron chi connectivity index (χ0n) is 21.3. The number of benzene rings is 1. The molecule has 7 nitrogen and oxygen atoms in total. The molecule has 0 bridgehead atoms. The van der Waals surface area contributed by atoms with Crippen LogP contribution in [0.3, 0.4) is 0 Å². The van der Waals surface area contributed by atoms with Gasteiger partial charge in [-0.05, 0) is 73.9 Å². The summed E-state index contributed by atoms with van der Waals surface area (Å²) in [6, 6.07) is 2.38. The molecule has 33 heavy (non-hydrogen) atoms. The molecule has 0 aliphatic heterocycles. The Labute approximate surface area is 197 Å². The van der Waals surface area contributed by atoms with Crippen LogP contribution in [0.5, 0.6) is 0 Å². The molecule has 0 heterocycles. The molecule has 1 rings (SSSR count). The van der Waals surface area contributed by atoms with Crippen molar-refractivity contribution in [1.29, 1.82) is 0 Å². The second kappa shape index (κ2) is 10.5. The zero-order valence-corrected chi connectivity index (χ0v) is 21.3. The molecule has 0 spiro atoms. The van der Waals surface area contributed by atoms with Gasteiger partial charge in [0.25, 0.3) is 0 Å². The third-order valence-corrected chi connectivity index (χ3v) is 6.49. The van der Waals surface area contributed by atoms with Gasteiger partial charge >= 0.3 is 14.2 Å². The Balaban J connectivity index is 3.73. The molecular formula is C23H39B2FO7. The summed E-state index contributed by atoms with van der Waals surface area (Å²) in [5.41, 5.74) is -5.93. The molecule has 0 atom stereocenters. The van der Waals surface area contributed by atoms with Crippen LogP contribution in [0.25, 0.3) is 0 Å². The van der Waals surface area contributed by atoms with Gasteiger partial charge in [-0.15, -0.1) is 0 Å². The number of aliphatic hydroxyl groups is 2. The molecule has 0 aromatic heterocycles. The van der Waals surface area contributed by atoms with Crippen molar-refractivity contribution >= 4 is 30.9 Å². The third-order valence-electron chi connectivity index (χ3n) is 6.49. The van der Waals surface area contributed by atoms with Crippen molar-refractivity contribution < 1.29 is 38.8 Å². The van der Waals surface area contributed by atoms with Crippen LogP contribution >= 0.6 is 0 Å². The molecule has 186 valence electrons. The summed E-state index contributed by atoms with van der Waals surface area (Å²) in [6.45, 7) is 14.4. The fourth-order valence-corrected chi connectivity index (χ4v) is 2.65. The maximum absolute atomic E-state index is 15.5. The molecule has 0 aliphatic carbocycles. The minimum atomic E-state index is -2.17. The van der Waals surface area contributed by atoms with Gasteiger partial charge in [0.15, 0.2) is 5.78 Å². The number of carbonyl (C=O) groups excluding carboxylic acids is 1.